The predicted octanol–water partition coefficient (Wildman–Crippen LogP) is -2.38. The fourth-order valence-corrected chi connectivity index (χ4v) is 1.62. The molecular formula is C9H13N3O5. The van der Waals surface area contributed by atoms with Gasteiger partial charge in [-0.15, -0.1) is 0 Å². The van der Waals surface area contributed by atoms with Gasteiger partial charge in [-0.1, -0.05) is 0 Å². The van der Waals surface area contributed by atoms with Crippen LogP contribution in [0, 0.1) is 0 Å². The number of rotatable bonds is 3. The van der Waals surface area contributed by atoms with Crippen molar-refractivity contribution < 1.29 is 20.1 Å². The Morgan fingerprint density at radius 2 is 2.24 bits per heavy atom. The zero-order valence-corrected chi connectivity index (χ0v) is 8.78. The highest BCUT2D eigenvalue weighted by molar-refractivity contribution is 5.33. The van der Waals surface area contributed by atoms with Crippen molar-refractivity contribution in [2.24, 2.45) is 0 Å². The Labute approximate surface area is 95.9 Å². The molecule has 8 heteroatoms. The maximum absolute atomic E-state index is 10.9. The minimum Gasteiger partial charge on any atom is -0.394 e. The quantitative estimate of drug-likeness (QED) is 0.401. The maximum atomic E-state index is 10.9. The summed E-state index contributed by atoms with van der Waals surface area (Å²) in [6, 6.07) is 1.48. The average Bonchev–Trinajstić information content (AvgIpc) is 2.57. The Morgan fingerprint density at radius 3 is 2.82 bits per heavy atom. The van der Waals surface area contributed by atoms with Crippen LogP contribution in [0.15, 0.2) is 17.1 Å². The summed E-state index contributed by atoms with van der Waals surface area (Å²) >= 11 is 0. The zero-order valence-electron chi connectivity index (χ0n) is 8.78. The van der Waals surface area contributed by atoms with Crippen LogP contribution < -0.4 is 11.0 Å². The molecule has 0 unspecified atom stereocenters. The van der Waals surface area contributed by atoms with Gasteiger partial charge in [-0.25, -0.2) is 9.78 Å². The number of H-pyrrole nitrogens is 1. The fourth-order valence-electron chi connectivity index (χ4n) is 1.62. The topological polar surface area (TPSA) is 128 Å². The molecule has 0 aromatic carbocycles. The van der Waals surface area contributed by atoms with E-state index in [1.165, 1.54) is 12.3 Å². The molecule has 1 fully saturated rings. The van der Waals surface area contributed by atoms with Crippen molar-refractivity contribution in [2.75, 3.05) is 11.9 Å². The lowest BCUT2D eigenvalue weighted by Crippen LogP contribution is -2.37. The maximum Gasteiger partial charge on any atom is 0.346 e. The molecule has 94 valence electrons. The fraction of sp³-hybridized carbons (Fsp3) is 0.556. The molecule has 5 N–H and O–H groups in total. The van der Waals surface area contributed by atoms with Crippen LogP contribution in [0.3, 0.4) is 0 Å². The largest absolute Gasteiger partial charge is 0.394 e. The molecular weight excluding hydrogens is 230 g/mol. The lowest BCUT2D eigenvalue weighted by Gasteiger charge is -2.16. The molecule has 17 heavy (non-hydrogen) atoms. The Morgan fingerprint density at radius 1 is 1.47 bits per heavy atom. The zero-order chi connectivity index (χ0) is 12.4. The molecule has 0 aliphatic carbocycles. The van der Waals surface area contributed by atoms with Crippen molar-refractivity contribution in [1.82, 2.24) is 9.97 Å². The molecule has 1 saturated heterocycles. The molecule has 2 rings (SSSR count). The number of nitrogens with one attached hydrogen (secondary N) is 2. The summed E-state index contributed by atoms with van der Waals surface area (Å²) < 4.78 is 5.18. The summed E-state index contributed by atoms with van der Waals surface area (Å²) in [5.41, 5.74) is -0.540. The minimum absolute atomic E-state index is 0.305. The normalized spacial score (nSPS) is 32.6. The van der Waals surface area contributed by atoms with Crippen molar-refractivity contribution >= 4 is 5.82 Å². The SMILES string of the molecule is O=c1nccc(N[C@@H]2O[C@@H](CO)[C@H](O)[C@@H]2O)[nH]1. The number of anilines is 1. The number of aliphatic hydroxyl groups excluding tert-OH is 3. The van der Waals surface area contributed by atoms with E-state index < -0.39 is 36.8 Å². The van der Waals surface area contributed by atoms with Gasteiger partial charge in [0.1, 0.15) is 24.1 Å². The third-order valence-corrected chi connectivity index (χ3v) is 2.51. The second-order valence-corrected chi connectivity index (χ2v) is 3.69. The Kier molecular flexibility index (Phi) is 3.38. The van der Waals surface area contributed by atoms with Crippen LogP contribution in [-0.4, -0.2) is 56.4 Å². The molecule has 0 saturated carbocycles. The minimum atomic E-state index is -1.19. The van der Waals surface area contributed by atoms with E-state index >= 15 is 0 Å². The van der Waals surface area contributed by atoms with Crippen LogP contribution in [0.1, 0.15) is 0 Å². The first-order valence-corrected chi connectivity index (χ1v) is 5.06. The second kappa shape index (κ2) is 4.80. The van der Waals surface area contributed by atoms with Crippen molar-refractivity contribution in [3.05, 3.63) is 22.7 Å². The number of aliphatic hydroxyl groups is 3. The van der Waals surface area contributed by atoms with Crippen LogP contribution in [0.2, 0.25) is 0 Å². The van der Waals surface area contributed by atoms with Gasteiger partial charge in [0.05, 0.1) is 6.61 Å². The summed E-state index contributed by atoms with van der Waals surface area (Å²) in [7, 11) is 0. The van der Waals surface area contributed by atoms with Gasteiger partial charge in [0, 0.05) is 6.20 Å². The van der Waals surface area contributed by atoms with Gasteiger partial charge < -0.3 is 25.4 Å². The molecule has 4 atom stereocenters. The highest BCUT2D eigenvalue weighted by atomic mass is 16.6. The first kappa shape index (κ1) is 12.0. The van der Waals surface area contributed by atoms with E-state index in [4.69, 9.17) is 9.84 Å². The molecule has 0 amide bonds. The standard InChI is InChI=1S/C9H13N3O5/c13-3-4-6(14)7(15)8(17-4)11-5-1-2-10-9(16)12-5/h1-2,4,6-8,13-15H,3H2,(H2,10,11,12,16)/t4-,6-,7-,8+/m0/s1. The first-order chi connectivity index (χ1) is 8.11. The lowest BCUT2D eigenvalue weighted by atomic mass is 10.1. The monoisotopic (exact) mass is 243 g/mol. The van der Waals surface area contributed by atoms with Gasteiger partial charge in [0.2, 0.25) is 0 Å². The molecule has 0 bridgehead atoms. The van der Waals surface area contributed by atoms with Crippen LogP contribution >= 0.6 is 0 Å². The number of nitrogens with zero attached hydrogens (tertiary/aromatic N) is 1. The van der Waals surface area contributed by atoms with E-state index in [-0.39, 0.29) is 0 Å². The molecule has 1 aromatic heterocycles. The molecule has 1 aliphatic rings. The molecule has 1 aliphatic heterocycles. The van der Waals surface area contributed by atoms with Gasteiger partial charge in [0.25, 0.3) is 0 Å². The van der Waals surface area contributed by atoms with Gasteiger partial charge >= 0.3 is 5.69 Å². The van der Waals surface area contributed by atoms with Crippen molar-refractivity contribution in [1.29, 1.82) is 0 Å². The lowest BCUT2D eigenvalue weighted by molar-refractivity contribution is -0.0154. The van der Waals surface area contributed by atoms with Crippen LogP contribution in [0.5, 0.6) is 0 Å². The van der Waals surface area contributed by atoms with E-state index in [1.807, 2.05) is 0 Å². The Hall–Kier alpha value is -1.48. The molecule has 0 spiro atoms. The average molecular weight is 243 g/mol. The Bertz CT molecular complexity index is 437. The third kappa shape index (κ3) is 2.44. The molecule has 8 nitrogen and oxygen atoms in total. The highest BCUT2D eigenvalue weighted by Gasteiger charge is 2.42. The van der Waals surface area contributed by atoms with Crippen LogP contribution in [0.25, 0.3) is 0 Å². The highest BCUT2D eigenvalue weighted by Crippen LogP contribution is 2.21. The van der Waals surface area contributed by atoms with Gasteiger partial charge in [-0.2, -0.15) is 0 Å². The number of aromatic nitrogens is 2. The number of hydrogen-bond acceptors (Lipinski definition) is 7. The van der Waals surface area contributed by atoms with Crippen molar-refractivity contribution in [2.45, 2.75) is 24.5 Å². The summed E-state index contributed by atoms with van der Waals surface area (Å²) in [6.07, 6.45) is -2.83. The van der Waals surface area contributed by atoms with Gasteiger partial charge in [-0.3, -0.25) is 4.98 Å². The number of ether oxygens (including phenoxy) is 1. The third-order valence-electron chi connectivity index (χ3n) is 2.51. The summed E-state index contributed by atoms with van der Waals surface area (Å²) in [5, 5.41) is 30.7. The van der Waals surface area contributed by atoms with E-state index in [0.29, 0.717) is 5.82 Å². The summed E-state index contributed by atoms with van der Waals surface area (Å²) in [5.74, 6) is 0.305. The van der Waals surface area contributed by atoms with E-state index in [1.54, 1.807) is 0 Å². The smallest absolute Gasteiger partial charge is 0.346 e. The van der Waals surface area contributed by atoms with Crippen LogP contribution in [0.4, 0.5) is 5.82 Å². The summed E-state index contributed by atoms with van der Waals surface area (Å²) in [4.78, 5) is 16.8. The number of hydrogen-bond donors (Lipinski definition) is 5. The van der Waals surface area contributed by atoms with E-state index in [2.05, 4.69) is 15.3 Å². The first-order valence-electron chi connectivity index (χ1n) is 5.06. The molecule has 1 aromatic rings. The van der Waals surface area contributed by atoms with Gasteiger partial charge in [-0.05, 0) is 6.07 Å². The van der Waals surface area contributed by atoms with Crippen molar-refractivity contribution in [3.63, 3.8) is 0 Å². The van der Waals surface area contributed by atoms with E-state index in [0.717, 1.165) is 0 Å². The number of aromatic amines is 1. The molecule has 2 heterocycles. The van der Waals surface area contributed by atoms with Crippen LogP contribution in [-0.2, 0) is 4.74 Å². The van der Waals surface area contributed by atoms with Crippen molar-refractivity contribution in [3.8, 4) is 0 Å². The van der Waals surface area contributed by atoms with E-state index in [9.17, 15) is 15.0 Å². The Balaban J connectivity index is 2.07. The summed E-state index contributed by atoms with van der Waals surface area (Å²) in [6.45, 7) is -0.400. The molecule has 0 radical (unpaired) electrons. The predicted molar refractivity (Wildman–Crippen MR) is 56.2 cm³/mol. The second-order valence-electron chi connectivity index (χ2n) is 3.69. The van der Waals surface area contributed by atoms with Gasteiger partial charge in [0.15, 0.2) is 6.23 Å².